The Morgan fingerprint density at radius 1 is 1.29 bits per heavy atom. The van der Waals surface area contributed by atoms with Crippen LogP contribution in [0.1, 0.15) is 10.4 Å². The van der Waals surface area contributed by atoms with Crippen LogP contribution in [0, 0.1) is 0 Å². The summed E-state index contributed by atoms with van der Waals surface area (Å²) < 4.78 is 0. The normalized spacial score (nSPS) is 9.94. The molecule has 0 aliphatic carbocycles. The predicted molar refractivity (Wildman–Crippen MR) is 68.1 cm³/mol. The van der Waals surface area contributed by atoms with Gasteiger partial charge in [-0.05, 0) is 30.3 Å². The topological polar surface area (TPSA) is 68.0 Å². The van der Waals surface area contributed by atoms with E-state index in [-0.39, 0.29) is 5.91 Å². The van der Waals surface area contributed by atoms with E-state index in [2.05, 4.69) is 10.3 Å². The number of amides is 1. The molecule has 0 aliphatic heterocycles. The molecule has 0 unspecified atom stereocenters. The molecule has 0 saturated heterocycles. The second kappa shape index (κ2) is 4.84. The Labute approximate surface area is 103 Å². The number of benzene rings is 1. The van der Waals surface area contributed by atoms with Gasteiger partial charge in [-0.1, -0.05) is 17.7 Å². The molecular formula is C12H10ClN3O. The highest BCUT2D eigenvalue weighted by Crippen LogP contribution is 2.19. The van der Waals surface area contributed by atoms with Gasteiger partial charge >= 0.3 is 0 Å². The summed E-state index contributed by atoms with van der Waals surface area (Å²) in [6, 6.07) is 10.00. The number of carbonyl (C=O) groups is 1. The zero-order valence-electron chi connectivity index (χ0n) is 8.85. The smallest absolute Gasteiger partial charge is 0.258 e. The number of carbonyl (C=O) groups excluding carboxylic acids is 1. The molecule has 0 fully saturated rings. The van der Waals surface area contributed by atoms with Crippen LogP contribution in [-0.2, 0) is 0 Å². The summed E-state index contributed by atoms with van der Waals surface area (Å²) in [5.41, 5.74) is 6.42. The van der Waals surface area contributed by atoms with E-state index >= 15 is 0 Å². The Hall–Kier alpha value is -2.07. The largest absolute Gasteiger partial charge is 0.399 e. The molecular weight excluding hydrogens is 238 g/mol. The van der Waals surface area contributed by atoms with E-state index in [1.165, 1.54) is 6.07 Å². The first-order valence-electron chi connectivity index (χ1n) is 4.94. The SMILES string of the molecule is Nc1ccc(Cl)c(C(=O)Nc2ccccn2)c1. The maximum atomic E-state index is 11.9. The van der Waals surface area contributed by atoms with Crippen LogP contribution in [0.3, 0.4) is 0 Å². The van der Waals surface area contributed by atoms with Crippen molar-refractivity contribution >= 4 is 29.0 Å². The lowest BCUT2D eigenvalue weighted by Gasteiger charge is -2.06. The second-order valence-corrected chi connectivity index (χ2v) is 3.82. The van der Waals surface area contributed by atoms with Gasteiger partial charge in [0, 0.05) is 11.9 Å². The maximum Gasteiger partial charge on any atom is 0.258 e. The van der Waals surface area contributed by atoms with Crippen molar-refractivity contribution in [2.45, 2.75) is 0 Å². The average molecular weight is 248 g/mol. The van der Waals surface area contributed by atoms with Crippen LogP contribution in [0.2, 0.25) is 5.02 Å². The molecule has 4 nitrogen and oxygen atoms in total. The lowest BCUT2D eigenvalue weighted by atomic mass is 10.2. The van der Waals surface area contributed by atoms with Gasteiger partial charge in [0.05, 0.1) is 10.6 Å². The number of anilines is 2. The first-order valence-corrected chi connectivity index (χ1v) is 5.32. The minimum atomic E-state index is -0.332. The molecule has 1 amide bonds. The lowest BCUT2D eigenvalue weighted by Crippen LogP contribution is -2.13. The van der Waals surface area contributed by atoms with Gasteiger partial charge in [0.15, 0.2) is 0 Å². The Balaban J connectivity index is 2.23. The molecule has 1 aromatic carbocycles. The van der Waals surface area contributed by atoms with E-state index < -0.39 is 0 Å². The summed E-state index contributed by atoms with van der Waals surface area (Å²) in [6.07, 6.45) is 1.59. The highest BCUT2D eigenvalue weighted by molar-refractivity contribution is 6.34. The molecule has 17 heavy (non-hydrogen) atoms. The fraction of sp³-hybridized carbons (Fsp3) is 0. The number of hydrogen-bond acceptors (Lipinski definition) is 3. The number of halogens is 1. The van der Waals surface area contributed by atoms with Crippen molar-refractivity contribution in [2.75, 3.05) is 11.1 Å². The molecule has 2 aromatic rings. The van der Waals surface area contributed by atoms with E-state index in [0.29, 0.717) is 22.1 Å². The average Bonchev–Trinajstić information content (AvgIpc) is 2.33. The first kappa shape index (κ1) is 11.4. The van der Waals surface area contributed by atoms with Gasteiger partial charge in [-0.25, -0.2) is 4.98 Å². The molecule has 0 saturated carbocycles. The number of nitrogens with zero attached hydrogens (tertiary/aromatic N) is 1. The van der Waals surface area contributed by atoms with Gasteiger partial charge in [-0.15, -0.1) is 0 Å². The summed E-state index contributed by atoms with van der Waals surface area (Å²) in [5.74, 6) is 0.136. The molecule has 0 spiro atoms. The minimum absolute atomic E-state index is 0.331. The number of nitrogens with one attached hydrogen (secondary N) is 1. The van der Waals surface area contributed by atoms with Crippen LogP contribution in [0.5, 0.6) is 0 Å². The van der Waals surface area contributed by atoms with Crippen LogP contribution in [0.4, 0.5) is 11.5 Å². The zero-order valence-corrected chi connectivity index (χ0v) is 9.61. The molecule has 1 aromatic heterocycles. The molecule has 0 aliphatic rings. The van der Waals surface area contributed by atoms with Crippen molar-refractivity contribution < 1.29 is 4.79 Å². The third-order valence-electron chi connectivity index (χ3n) is 2.14. The van der Waals surface area contributed by atoms with Crippen molar-refractivity contribution in [2.24, 2.45) is 0 Å². The van der Waals surface area contributed by atoms with Crippen LogP contribution in [0.25, 0.3) is 0 Å². The maximum absolute atomic E-state index is 11.9. The number of hydrogen-bond donors (Lipinski definition) is 2. The Morgan fingerprint density at radius 2 is 2.12 bits per heavy atom. The molecule has 0 bridgehead atoms. The Bertz CT molecular complexity index is 543. The van der Waals surface area contributed by atoms with Crippen molar-refractivity contribution in [3.63, 3.8) is 0 Å². The summed E-state index contributed by atoms with van der Waals surface area (Å²) in [5, 5.41) is 2.99. The van der Waals surface area contributed by atoms with Crippen molar-refractivity contribution in [3.8, 4) is 0 Å². The van der Waals surface area contributed by atoms with E-state index in [9.17, 15) is 4.79 Å². The molecule has 5 heteroatoms. The number of nitrogens with two attached hydrogens (primary N) is 1. The van der Waals surface area contributed by atoms with E-state index in [1.54, 1.807) is 36.5 Å². The highest BCUT2D eigenvalue weighted by Gasteiger charge is 2.11. The molecule has 0 atom stereocenters. The fourth-order valence-corrected chi connectivity index (χ4v) is 1.54. The van der Waals surface area contributed by atoms with E-state index in [4.69, 9.17) is 17.3 Å². The van der Waals surface area contributed by atoms with Crippen molar-refractivity contribution in [3.05, 3.63) is 53.2 Å². The standard InChI is InChI=1S/C12H10ClN3O/c13-10-5-4-8(14)7-9(10)12(17)16-11-3-1-2-6-15-11/h1-7H,14H2,(H,15,16,17). The van der Waals surface area contributed by atoms with Crippen LogP contribution in [0.15, 0.2) is 42.6 Å². The number of rotatable bonds is 2. The molecule has 2 rings (SSSR count). The molecule has 1 heterocycles. The number of nitrogen functional groups attached to an aromatic ring is 1. The monoisotopic (exact) mass is 247 g/mol. The third-order valence-corrected chi connectivity index (χ3v) is 2.47. The van der Waals surface area contributed by atoms with Gasteiger partial charge in [0.2, 0.25) is 0 Å². The minimum Gasteiger partial charge on any atom is -0.399 e. The van der Waals surface area contributed by atoms with Crippen LogP contribution in [-0.4, -0.2) is 10.9 Å². The molecule has 86 valence electrons. The van der Waals surface area contributed by atoms with Crippen LogP contribution >= 0.6 is 11.6 Å². The van der Waals surface area contributed by atoms with E-state index in [1.807, 2.05) is 0 Å². The van der Waals surface area contributed by atoms with Gasteiger partial charge in [0.1, 0.15) is 5.82 Å². The predicted octanol–water partition coefficient (Wildman–Crippen LogP) is 2.57. The van der Waals surface area contributed by atoms with Gasteiger partial charge in [-0.2, -0.15) is 0 Å². The molecule has 0 radical (unpaired) electrons. The van der Waals surface area contributed by atoms with E-state index in [0.717, 1.165) is 0 Å². The number of aromatic nitrogens is 1. The van der Waals surface area contributed by atoms with Crippen LogP contribution < -0.4 is 11.1 Å². The summed E-state index contributed by atoms with van der Waals surface area (Å²) in [6.45, 7) is 0. The highest BCUT2D eigenvalue weighted by atomic mass is 35.5. The van der Waals surface area contributed by atoms with Crippen molar-refractivity contribution in [1.29, 1.82) is 0 Å². The van der Waals surface area contributed by atoms with Crippen molar-refractivity contribution in [1.82, 2.24) is 4.98 Å². The lowest BCUT2D eigenvalue weighted by molar-refractivity contribution is 0.102. The zero-order chi connectivity index (χ0) is 12.3. The van der Waals surface area contributed by atoms with Gasteiger partial charge in [-0.3, -0.25) is 4.79 Å². The summed E-state index contributed by atoms with van der Waals surface area (Å²) >= 11 is 5.92. The fourth-order valence-electron chi connectivity index (χ4n) is 1.34. The van der Waals surface area contributed by atoms with Gasteiger partial charge < -0.3 is 11.1 Å². The molecule has 3 N–H and O–H groups in total. The quantitative estimate of drug-likeness (QED) is 0.802. The summed E-state index contributed by atoms with van der Waals surface area (Å²) in [4.78, 5) is 15.9. The second-order valence-electron chi connectivity index (χ2n) is 3.41. The summed E-state index contributed by atoms with van der Waals surface area (Å²) in [7, 11) is 0. The third kappa shape index (κ3) is 2.73. The van der Waals surface area contributed by atoms with Gasteiger partial charge in [0.25, 0.3) is 5.91 Å². The number of pyridine rings is 1. The first-order chi connectivity index (χ1) is 8.16. The Kier molecular flexibility index (Phi) is 3.25. The Morgan fingerprint density at radius 3 is 2.82 bits per heavy atom.